The lowest BCUT2D eigenvalue weighted by Gasteiger charge is -2.31. The van der Waals surface area contributed by atoms with E-state index in [0.717, 1.165) is 16.2 Å². The summed E-state index contributed by atoms with van der Waals surface area (Å²) in [5.74, 6) is -0.363. The number of benzene rings is 1. The van der Waals surface area contributed by atoms with E-state index in [1.54, 1.807) is 13.0 Å². The van der Waals surface area contributed by atoms with Crippen molar-refractivity contribution in [2.24, 2.45) is 0 Å². The Bertz CT molecular complexity index is 797. The van der Waals surface area contributed by atoms with Gasteiger partial charge in [0.1, 0.15) is 0 Å². The summed E-state index contributed by atoms with van der Waals surface area (Å²) in [5, 5.41) is 0.206. The zero-order valence-corrected chi connectivity index (χ0v) is 14.8. The van der Waals surface area contributed by atoms with Crippen LogP contribution in [0.15, 0.2) is 41.4 Å². The molecule has 0 aliphatic carbocycles. The number of hydrogen-bond acceptors (Lipinski definition) is 5. The molecule has 0 saturated heterocycles. The first kappa shape index (κ1) is 16.7. The fourth-order valence-electron chi connectivity index (χ4n) is 2.82. The highest BCUT2D eigenvalue weighted by atomic mass is 32.2. The molecule has 4 nitrogen and oxygen atoms in total. The highest BCUT2D eigenvalue weighted by Crippen LogP contribution is 2.43. The monoisotopic (exact) mass is 341 g/mol. The largest absolute Gasteiger partial charge is 0.462 e. The number of pyridine rings is 1. The first-order valence-corrected chi connectivity index (χ1v) is 8.71. The number of hydrogen-bond donors (Lipinski definition) is 0. The van der Waals surface area contributed by atoms with Crippen LogP contribution in [0.25, 0.3) is 11.3 Å². The first-order valence-electron chi connectivity index (χ1n) is 7.89. The van der Waals surface area contributed by atoms with Crippen LogP contribution in [-0.2, 0) is 14.9 Å². The lowest BCUT2D eigenvalue weighted by Crippen LogP contribution is -2.25. The number of carbonyl (C=O) groups excluding carboxylic acids is 2. The molecule has 124 valence electrons. The van der Waals surface area contributed by atoms with Crippen molar-refractivity contribution in [3.05, 3.63) is 47.7 Å². The molecule has 2 heterocycles. The van der Waals surface area contributed by atoms with Crippen LogP contribution in [0, 0.1) is 0 Å². The van der Waals surface area contributed by atoms with Crippen LogP contribution >= 0.6 is 11.8 Å². The van der Waals surface area contributed by atoms with Crippen molar-refractivity contribution in [2.75, 3.05) is 6.61 Å². The minimum Gasteiger partial charge on any atom is -0.462 e. The van der Waals surface area contributed by atoms with Crippen molar-refractivity contribution in [3.63, 3.8) is 0 Å². The van der Waals surface area contributed by atoms with E-state index in [-0.39, 0.29) is 16.5 Å². The number of aromatic nitrogens is 1. The molecule has 0 saturated carbocycles. The number of rotatable bonds is 3. The number of fused-ring (bicyclic) bond motifs is 1. The number of ether oxygens (including phenoxy) is 1. The van der Waals surface area contributed by atoms with Crippen molar-refractivity contribution in [2.45, 2.75) is 37.5 Å². The summed E-state index contributed by atoms with van der Waals surface area (Å²) in [4.78, 5) is 29.0. The second-order valence-corrected chi connectivity index (χ2v) is 7.50. The number of nitrogens with zero attached hydrogens (tertiary/aromatic N) is 1. The lowest BCUT2D eigenvalue weighted by molar-refractivity contribution is -0.112. The quantitative estimate of drug-likeness (QED) is 0.782. The molecule has 3 rings (SSSR count). The zero-order valence-electron chi connectivity index (χ0n) is 14.0. The number of carbonyl (C=O) groups is 2. The molecule has 2 aromatic rings. The van der Waals surface area contributed by atoms with Gasteiger partial charge in [-0.05, 0) is 42.2 Å². The maximum absolute atomic E-state index is 11.9. The molecule has 0 amide bonds. The number of esters is 1. The molecule has 0 fully saturated rings. The van der Waals surface area contributed by atoms with Gasteiger partial charge in [0, 0.05) is 23.1 Å². The predicted molar refractivity (Wildman–Crippen MR) is 94.1 cm³/mol. The Morgan fingerprint density at radius 2 is 2.08 bits per heavy atom. The summed E-state index contributed by atoms with van der Waals surface area (Å²) < 4.78 is 4.97. The Morgan fingerprint density at radius 1 is 1.29 bits per heavy atom. The molecule has 1 aliphatic heterocycles. The van der Waals surface area contributed by atoms with Crippen LogP contribution in [0.5, 0.6) is 0 Å². The van der Waals surface area contributed by atoms with E-state index in [1.807, 2.05) is 18.2 Å². The third-order valence-electron chi connectivity index (χ3n) is 4.09. The van der Waals surface area contributed by atoms with Gasteiger partial charge in [-0.25, -0.2) is 4.79 Å². The van der Waals surface area contributed by atoms with Crippen molar-refractivity contribution < 1.29 is 14.3 Å². The molecule has 0 N–H and O–H groups in total. The van der Waals surface area contributed by atoms with Crippen LogP contribution in [0.3, 0.4) is 0 Å². The summed E-state index contributed by atoms with van der Waals surface area (Å²) in [7, 11) is 0. The second-order valence-electron chi connectivity index (χ2n) is 6.40. The molecule has 0 unspecified atom stereocenters. The van der Waals surface area contributed by atoms with E-state index < -0.39 is 0 Å². The molecular weight excluding hydrogens is 322 g/mol. The van der Waals surface area contributed by atoms with E-state index in [2.05, 4.69) is 24.9 Å². The van der Waals surface area contributed by atoms with E-state index in [9.17, 15) is 9.59 Å². The average molecular weight is 341 g/mol. The van der Waals surface area contributed by atoms with Crippen molar-refractivity contribution in [1.29, 1.82) is 0 Å². The minimum atomic E-state index is -0.363. The fourth-order valence-corrected chi connectivity index (χ4v) is 4.08. The van der Waals surface area contributed by atoms with Crippen LogP contribution in [0.4, 0.5) is 0 Å². The first-order chi connectivity index (χ1) is 11.4. The van der Waals surface area contributed by atoms with Gasteiger partial charge in [0.25, 0.3) is 0 Å². The van der Waals surface area contributed by atoms with E-state index in [4.69, 9.17) is 4.74 Å². The fraction of sp³-hybridized carbons (Fsp3) is 0.316. The third-order valence-corrected chi connectivity index (χ3v) is 5.04. The maximum atomic E-state index is 11.9. The van der Waals surface area contributed by atoms with Gasteiger partial charge in [-0.2, -0.15) is 0 Å². The van der Waals surface area contributed by atoms with Crippen molar-refractivity contribution in [3.8, 4) is 11.3 Å². The smallest absolute Gasteiger partial charge is 0.339 e. The van der Waals surface area contributed by atoms with Gasteiger partial charge < -0.3 is 4.74 Å². The van der Waals surface area contributed by atoms with Gasteiger partial charge in [-0.3, -0.25) is 9.78 Å². The predicted octanol–water partition coefficient (Wildman–Crippen LogP) is 4.23. The van der Waals surface area contributed by atoms with Gasteiger partial charge in [0.05, 0.1) is 17.9 Å². The lowest BCUT2D eigenvalue weighted by atomic mass is 9.80. The van der Waals surface area contributed by atoms with Gasteiger partial charge >= 0.3 is 5.97 Å². The van der Waals surface area contributed by atoms with Crippen molar-refractivity contribution >= 4 is 22.8 Å². The highest BCUT2D eigenvalue weighted by molar-refractivity contribution is 8.13. The standard InChI is InChI=1S/C19H19NO3S/c1-4-23-18(22)13-5-7-15(20-11-13)12-6-8-16-14(9-12)19(2,3)10-17(21)24-16/h5-9,11H,4,10H2,1-3H3. The van der Waals surface area contributed by atoms with Crippen molar-refractivity contribution in [1.82, 2.24) is 4.98 Å². The summed E-state index contributed by atoms with van der Waals surface area (Å²) in [6, 6.07) is 9.59. The van der Waals surface area contributed by atoms with Gasteiger partial charge in [0.15, 0.2) is 5.12 Å². The summed E-state index contributed by atoms with van der Waals surface area (Å²) in [5.41, 5.74) is 3.20. The molecule has 1 aromatic carbocycles. The van der Waals surface area contributed by atoms with Crippen LogP contribution < -0.4 is 0 Å². The van der Waals surface area contributed by atoms with E-state index in [1.165, 1.54) is 23.5 Å². The van der Waals surface area contributed by atoms with Gasteiger partial charge in [0.2, 0.25) is 0 Å². The summed E-state index contributed by atoms with van der Waals surface area (Å²) in [6.07, 6.45) is 2.07. The third kappa shape index (κ3) is 3.22. The Kier molecular flexibility index (Phi) is 4.45. The Balaban J connectivity index is 1.94. The normalized spacial score (nSPS) is 15.7. The molecule has 24 heavy (non-hydrogen) atoms. The summed E-state index contributed by atoms with van der Waals surface area (Å²) >= 11 is 1.31. The Hall–Kier alpha value is -2.14. The molecule has 0 radical (unpaired) electrons. The number of thioether (sulfide) groups is 1. The van der Waals surface area contributed by atoms with E-state index in [0.29, 0.717) is 18.6 Å². The molecule has 0 atom stereocenters. The van der Waals surface area contributed by atoms with Gasteiger partial charge in [-0.1, -0.05) is 31.7 Å². The zero-order chi connectivity index (χ0) is 17.3. The minimum absolute atomic E-state index is 0.182. The molecular formula is C19H19NO3S. The SMILES string of the molecule is CCOC(=O)c1ccc(-c2ccc3c(c2)C(C)(C)CC(=O)S3)nc1. The highest BCUT2D eigenvalue weighted by Gasteiger charge is 2.32. The van der Waals surface area contributed by atoms with E-state index >= 15 is 0 Å². The maximum Gasteiger partial charge on any atom is 0.339 e. The second kappa shape index (κ2) is 6.40. The summed E-state index contributed by atoms with van der Waals surface area (Å²) in [6.45, 7) is 6.29. The molecule has 5 heteroatoms. The molecule has 1 aromatic heterocycles. The van der Waals surface area contributed by atoms with Gasteiger partial charge in [-0.15, -0.1) is 0 Å². The van der Waals surface area contributed by atoms with Crippen LogP contribution in [-0.4, -0.2) is 22.7 Å². The average Bonchev–Trinajstić information content (AvgIpc) is 2.54. The molecule has 1 aliphatic rings. The molecule has 0 spiro atoms. The Labute approximate surface area is 145 Å². The Morgan fingerprint density at radius 3 is 2.75 bits per heavy atom. The molecule has 0 bridgehead atoms. The topological polar surface area (TPSA) is 56.3 Å². The van der Waals surface area contributed by atoms with Crippen LogP contribution in [0.1, 0.15) is 43.1 Å². The van der Waals surface area contributed by atoms with Crippen LogP contribution in [0.2, 0.25) is 0 Å².